The van der Waals surface area contributed by atoms with Gasteiger partial charge < -0.3 is 29.9 Å². The molecule has 42 heavy (non-hydrogen) atoms. The second kappa shape index (κ2) is 12.1. The molecule has 0 aliphatic carbocycles. The third-order valence-corrected chi connectivity index (χ3v) is 5.37. The van der Waals surface area contributed by atoms with E-state index >= 15 is 0 Å². The molecule has 0 saturated carbocycles. The van der Waals surface area contributed by atoms with Gasteiger partial charge in [-0.05, 0) is 38.8 Å². The Morgan fingerprint density at radius 2 is 1.40 bits per heavy atom. The van der Waals surface area contributed by atoms with Crippen molar-refractivity contribution in [2.24, 2.45) is 0 Å². The van der Waals surface area contributed by atoms with E-state index in [1.165, 1.54) is 44.6 Å². The maximum Gasteiger partial charge on any atom is 0.362 e. The second-order valence-electron chi connectivity index (χ2n) is 9.14. The molecule has 16 nitrogen and oxygen atoms in total. The number of aromatic nitrogens is 8. The molecule has 0 aliphatic rings. The quantitative estimate of drug-likeness (QED) is 0.155. The van der Waals surface area contributed by atoms with Crippen molar-refractivity contribution in [1.29, 1.82) is 0 Å². The molecule has 4 rings (SSSR count). The van der Waals surface area contributed by atoms with Crippen molar-refractivity contribution in [3.63, 3.8) is 0 Å². The summed E-state index contributed by atoms with van der Waals surface area (Å²) < 4.78 is 10.8. The highest BCUT2D eigenvalue weighted by Gasteiger charge is 2.25. The number of H-pyrrole nitrogens is 2. The molecule has 214 valence electrons. The van der Waals surface area contributed by atoms with Gasteiger partial charge in [-0.2, -0.15) is 0 Å². The molecule has 0 aromatic carbocycles. The zero-order valence-corrected chi connectivity index (χ0v) is 22.0. The lowest BCUT2D eigenvalue weighted by atomic mass is 9.92. The SMILES string of the molecule is CC(O)(C#Cc1ccc(Oc2[nH]nnc2C(=O)O)nc1)CCC(C)(O)C#Cc1cncc(Oc2[nH]nnc2C(=O)O)c1. The first-order chi connectivity index (χ1) is 19.9. The van der Waals surface area contributed by atoms with Crippen LogP contribution in [0.1, 0.15) is 58.8 Å². The summed E-state index contributed by atoms with van der Waals surface area (Å²) in [6.07, 6.45) is 4.30. The number of carbonyl (C=O) groups is 2. The molecule has 2 atom stereocenters. The lowest BCUT2D eigenvalue weighted by molar-refractivity contribution is 0.0582. The van der Waals surface area contributed by atoms with Gasteiger partial charge in [-0.15, -0.1) is 10.2 Å². The van der Waals surface area contributed by atoms with Crippen molar-refractivity contribution in [3.05, 3.63) is 59.3 Å². The molecule has 2 unspecified atom stereocenters. The van der Waals surface area contributed by atoms with E-state index < -0.39 is 34.5 Å². The summed E-state index contributed by atoms with van der Waals surface area (Å²) in [7, 11) is 0. The van der Waals surface area contributed by atoms with Gasteiger partial charge in [0.15, 0.2) is 0 Å². The van der Waals surface area contributed by atoms with E-state index in [1.54, 1.807) is 6.07 Å². The van der Waals surface area contributed by atoms with Crippen LogP contribution in [0.3, 0.4) is 0 Å². The Morgan fingerprint density at radius 1 is 0.833 bits per heavy atom. The Morgan fingerprint density at radius 3 is 1.95 bits per heavy atom. The van der Waals surface area contributed by atoms with Crippen LogP contribution >= 0.6 is 0 Å². The number of aromatic carboxylic acids is 2. The van der Waals surface area contributed by atoms with Crippen LogP contribution in [0, 0.1) is 23.7 Å². The molecule has 4 aromatic heterocycles. The molecule has 4 heterocycles. The Kier molecular flexibility index (Phi) is 8.42. The highest BCUT2D eigenvalue weighted by atomic mass is 16.5. The third kappa shape index (κ3) is 7.85. The first kappa shape index (κ1) is 29.2. The Labute approximate surface area is 236 Å². The number of rotatable bonds is 9. The van der Waals surface area contributed by atoms with Gasteiger partial charge in [-0.3, -0.25) is 4.98 Å². The van der Waals surface area contributed by atoms with E-state index in [4.69, 9.17) is 19.7 Å². The lowest BCUT2D eigenvalue weighted by Crippen LogP contribution is -2.29. The maximum atomic E-state index is 11.2. The van der Waals surface area contributed by atoms with Gasteiger partial charge in [0.05, 0.1) is 6.20 Å². The maximum absolute atomic E-state index is 11.2. The minimum absolute atomic E-state index is 0.0717. The van der Waals surface area contributed by atoms with Crippen LogP contribution in [-0.2, 0) is 0 Å². The molecule has 0 saturated heterocycles. The molecule has 0 amide bonds. The summed E-state index contributed by atoms with van der Waals surface area (Å²) in [5.74, 6) is 8.30. The van der Waals surface area contributed by atoms with Gasteiger partial charge >= 0.3 is 11.9 Å². The van der Waals surface area contributed by atoms with Crippen LogP contribution in [0.15, 0.2) is 36.8 Å². The molecule has 0 bridgehead atoms. The number of pyridine rings is 2. The van der Waals surface area contributed by atoms with Gasteiger partial charge in [0, 0.05) is 29.6 Å². The zero-order valence-electron chi connectivity index (χ0n) is 22.0. The molecule has 0 spiro atoms. The summed E-state index contributed by atoms with van der Waals surface area (Å²) in [5.41, 5.74) is -2.93. The summed E-state index contributed by atoms with van der Waals surface area (Å²) >= 11 is 0. The molecule has 6 N–H and O–H groups in total. The summed E-state index contributed by atoms with van der Waals surface area (Å²) in [5, 5.41) is 57.9. The average molecular weight is 575 g/mol. The van der Waals surface area contributed by atoms with Crippen molar-refractivity contribution in [3.8, 4) is 47.1 Å². The van der Waals surface area contributed by atoms with E-state index in [0.717, 1.165) is 0 Å². The third-order valence-electron chi connectivity index (χ3n) is 5.37. The fraction of sp³-hybridized carbons (Fsp3) is 0.231. The van der Waals surface area contributed by atoms with Gasteiger partial charge in [0.25, 0.3) is 11.8 Å². The normalized spacial score (nSPS) is 13.3. The summed E-state index contributed by atoms with van der Waals surface area (Å²) in [6, 6.07) is 4.51. The molecule has 0 radical (unpaired) electrons. The molecule has 16 heteroatoms. The minimum atomic E-state index is -1.50. The van der Waals surface area contributed by atoms with Gasteiger partial charge in [-0.1, -0.05) is 34.1 Å². The second-order valence-corrected chi connectivity index (χ2v) is 9.14. The Hall–Kier alpha value is -5.84. The predicted octanol–water partition coefficient (Wildman–Crippen LogP) is 1.38. The molecule has 0 fully saturated rings. The molecular weight excluding hydrogens is 552 g/mol. The number of nitrogens with one attached hydrogen (secondary N) is 2. The summed E-state index contributed by atoms with van der Waals surface area (Å²) in [6.45, 7) is 2.98. The monoisotopic (exact) mass is 574 g/mol. The number of aliphatic hydroxyl groups is 2. The van der Waals surface area contributed by atoms with Crippen LogP contribution < -0.4 is 9.47 Å². The number of aromatic amines is 2. The number of nitrogens with zero attached hydrogens (tertiary/aromatic N) is 6. The smallest absolute Gasteiger partial charge is 0.362 e. The standard InChI is InChI=1S/C26H22N8O8/c1-25(39,7-5-15-3-4-18(28-13-15)42-22-20(24(37)38)30-34-32-22)9-10-26(2,40)8-6-16-11-17(14-27-12-16)41-21-19(23(35)36)29-33-31-21/h3-4,11-14,39-40H,9-10H2,1-2H3,(H,35,36)(H,37,38)(H,29,31,33)(H,30,32,34). The summed E-state index contributed by atoms with van der Waals surface area (Å²) in [4.78, 5) is 30.3. The van der Waals surface area contributed by atoms with Crippen LogP contribution in [0.4, 0.5) is 0 Å². The predicted molar refractivity (Wildman–Crippen MR) is 140 cm³/mol. The number of carboxylic acid groups (broad SMARTS) is 2. The highest BCUT2D eigenvalue weighted by molar-refractivity contribution is 5.88. The minimum Gasteiger partial charge on any atom is -0.476 e. The first-order valence-electron chi connectivity index (χ1n) is 12.0. The van der Waals surface area contributed by atoms with E-state index in [-0.39, 0.29) is 36.2 Å². The Bertz CT molecular complexity index is 1720. The molecule has 4 aromatic rings. The van der Waals surface area contributed by atoms with Crippen LogP contribution in [-0.4, -0.2) is 84.4 Å². The van der Waals surface area contributed by atoms with Crippen molar-refractivity contribution >= 4 is 11.9 Å². The van der Waals surface area contributed by atoms with E-state index in [9.17, 15) is 19.8 Å². The van der Waals surface area contributed by atoms with E-state index in [2.05, 4.69) is 64.5 Å². The topological polar surface area (TPSA) is 242 Å². The zero-order chi connectivity index (χ0) is 30.3. The lowest BCUT2D eigenvalue weighted by Gasteiger charge is -2.22. The number of ether oxygens (including phenoxy) is 2. The van der Waals surface area contributed by atoms with Crippen molar-refractivity contribution in [2.45, 2.75) is 37.9 Å². The van der Waals surface area contributed by atoms with Crippen molar-refractivity contribution < 1.29 is 39.5 Å². The van der Waals surface area contributed by atoms with Gasteiger partial charge in [0.2, 0.25) is 17.3 Å². The average Bonchev–Trinajstić information content (AvgIpc) is 3.61. The highest BCUT2D eigenvalue weighted by Crippen LogP contribution is 2.23. The molecular formula is C26H22N8O8. The number of hydrogen-bond acceptors (Lipinski definition) is 12. The fourth-order valence-corrected chi connectivity index (χ4v) is 3.17. The fourth-order valence-electron chi connectivity index (χ4n) is 3.17. The van der Waals surface area contributed by atoms with Gasteiger partial charge in [-0.25, -0.2) is 24.8 Å². The molecule has 0 aliphatic heterocycles. The van der Waals surface area contributed by atoms with Gasteiger partial charge in [0.1, 0.15) is 17.0 Å². The van der Waals surface area contributed by atoms with Crippen LogP contribution in [0.25, 0.3) is 0 Å². The van der Waals surface area contributed by atoms with E-state index in [1.807, 2.05) is 0 Å². The largest absolute Gasteiger partial charge is 0.476 e. The Balaban J connectivity index is 1.35. The first-order valence-corrected chi connectivity index (χ1v) is 12.0. The van der Waals surface area contributed by atoms with Crippen molar-refractivity contribution in [2.75, 3.05) is 0 Å². The van der Waals surface area contributed by atoms with Crippen molar-refractivity contribution in [1.82, 2.24) is 40.8 Å². The van der Waals surface area contributed by atoms with E-state index in [0.29, 0.717) is 11.1 Å². The number of hydrogen-bond donors (Lipinski definition) is 6. The van der Waals surface area contributed by atoms with Crippen LogP contribution in [0.2, 0.25) is 0 Å². The number of carboxylic acids is 2. The van der Waals surface area contributed by atoms with Crippen LogP contribution in [0.5, 0.6) is 23.4 Å².